The number of rotatable bonds is 8. The molecule has 1 heterocycles. The van der Waals surface area contributed by atoms with E-state index in [0.29, 0.717) is 22.4 Å². The second-order valence-electron chi connectivity index (χ2n) is 9.03. The summed E-state index contributed by atoms with van der Waals surface area (Å²) in [6, 6.07) is 16.6. The number of methoxy groups -OCH3 is 1. The Kier molecular flexibility index (Phi) is 8.15. The van der Waals surface area contributed by atoms with Gasteiger partial charge in [0.2, 0.25) is 5.91 Å². The summed E-state index contributed by atoms with van der Waals surface area (Å²) in [5.41, 5.74) is 1.96. The lowest BCUT2D eigenvalue weighted by molar-refractivity contribution is -0.116. The number of anilines is 1. The number of hydrogen-bond donors (Lipinski definition) is 1. The Morgan fingerprint density at radius 1 is 1.12 bits per heavy atom. The predicted molar refractivity (Wildman–Crippen MR) is 138 cm³/mol. The predicted octanol–water partition coefficient (Wildman–Crippen LogP) is 5.43. The molecule has 0 spiro atoms. The van der Waals surface area contributed by atoms with Gasteiger partial charge >= 0.3 is 0 Å². The Morgan fingerprint density at radius 3 is 2.38 bits per heavy atom. The maximum Gasteiger partial charge on any atom is 0.255 e. The molecule has 0 bridgehead atoms. The number of carbonyl (C=O) groups is 2. The van der Waals surface area contributed by atoms with Crippen molar-refractivity contribution in [1.82, 2.24) is 14.7 Å². The van der Waals surface area contributed by atoms with Crippen LogP contribution in [0.4, 0.5) is 5.82 Å². The Bertz CT molecular complexity index is 1150. The van der Waals surface area contributed by atoms with E-state index in [1.165, 1.54) is 0 Å². The van der Waals surface area contributed by atoms with E-state index in [9.17, 15) is 9.59 Å². The molecule has 8 heteroatoms. The highest BCUT2D eigenvalue weighted by atomic mass is 79.9. The molecule has 0 radical (unpaired) electrons. The second kappa shape index (κ2) is 10.9. The summed E-state index contributed by atoms with van der Waals surface area (Å²) in [7, 11) is 1.61. The van der Waals surface area contributed by atoms with Gasteiger partial charge in [-0.15, -0.1) is 0 Å². The molecule has 0 saturated heterocycles. The van der Waals surface area contributed by atoms with E-state index in [4.69, 9.17) is 9.84 Å². The number of benzene rings is 2. The first kappa shape index (κ1) is 25.5. The summed E-state index contributed by atoms with van der Waals surface area (Å²) >= 11 is 3.43. The van der Waals surface area contributed by atoms with Gasteiger partial charge in [-0.2, -0.15) is 5.10 Å². The minimum Gasteiger partial charge on any atom is -0.497 e. The smallest absolute Gasteiger partial charge is 0.255 e. The zero-order valence-electron chi connectivity index (χ0n) is 20.3. The first-order chi connectivity index (χ1) is 16.1. The van der Waals surface area contributed by atoms with Crippen LogP contribution >= 0.6 is 15.9 Å². The third-order valence-electron chi connectivity index (χ3n) is 5.28. The standard InChI is InChI=1S/C26H31BrN4O3/c1-6-15-30(25(33)20-9-7-8-10-21(20)27)17-24(32)28-23-16-22(26(2,3)4)29-31(23)18-11-13-19(34-5)14-12-18/h7-14,16H,6,15,17H2,1-5H3,(H,28,32). The fourth-order valence-corrected chi connectivity index (χ4v) is 3.89. The molecule has 1 aromatic heterocycles. The van der Waals surface area contributed by atoms with E-state index in [0.717, 1.165) is 23.6 Å². The Labute approximate surface area is 209 Å². The van der Waals surface area contributed by atoms with Crippen LogP contribution in [0.5, 0.6) is 5.75 Å². The maximum absolute atomic E-state index is 13.1. The van der Waals surface area contributed by atoms with E-state index in [2.05, 4.69) is 42.0 Å². The van der Waals surface area contributed by atoms with E-state index in [1.54, 1.807) is 22.8 Å². The monoisotopic (exact) mass is 526 g/mol. The first-order valence-electron chi connectivity index (χ1n) is 11.2. The zero-order chi connectivity index (χ0) is 24.9. The lowest BCUT2D eigenvalue weighted by atomic mass is 9.92. The van der Waals surface area contributed by atoms with Gasteiger partial charge in [-0.05, 0) is 58.7 Å². The molecule has 2 amide bonds. The van der Waals surface area contributed by atoms with E-state index >= 15 is 0 Å². The van der Waals surface area contributed by atoms with Gasteiger partial charge in [-0.1, -0.05) is 39.8 Å². The molecule has 1 N–H and O–H groups in total. The molecular weight excluding hydrogens is 496 g/mol. The number of halogens is 1. The van der Waals surface area contributed by atoms with Crippen LogP contribution in [0.3, 0.4) is 0 Å². The van der Waals surface area contributed by atoms with Gasteiger partial charge in [-0.25, -0.2) is 4.68 Å². The number of amides is 2. The summed E-state index contributed by atoms with van der Waals surface area (Å²) in [6.07, 6.45) is 0.738. The summed E-state index contributed by atoms with van der Waals surface area (Å²) in [5.74, 6) is 0.802. The lowest BCUT2D eigenvalue weighted by Crippen LogP contribution is -2.39. The Hall–Kier alpha value is -3.13. The highest BCUT2D eigenvalue weighted by Gasteiger charge is 2.24. The number of hydrogen-bond acceptors (Lipinski definition) is 4. The molecule has 0 saturated carbocycles. The molecular formula is C26H31BrN4O3. The molecule has 0 aliphatic rings. The fraction of sp³-hybridized carbons (Fsp3) is 0.346. The average molecular weight is 527 g/mol. The van der Waals surface area contributed by atoms with E-state index in [1.807, 2.05) is 55.5 Å². The van der Waals surface area contributed by atoms with Crippen LogP contribution in [-0.2, 0) is 10.2 Å². The fourth-order valence-electron chi connectivity index (χ4n) is 3.44. The SMILES string of the molecule is CCCN(CC(=O)Nc1cc(C(C)(C)C)nn1-c1ccc(OC)cc1)C(=O)c1ccccc1Br. The molecule has 0 atom stereocenters. The van der Waals surface area contributed by atoms with Crippen LogP contribution in [0, 0.1) is 0 Å². The van der Waals surface area contributed by atoms with Crippen LogP contribution < -0.4 is 10.1 Å². The summed E-state index contributed by atoms with van der Waals surface area (Å²) in [4.78, 5) is 27.8. The number of ether oxygens (including phenoxy) is 1. The summed E-state index contributed by atoms with van der Waals surface area (Å²) in [6.45, 7) is 8.59. The third kappa shape index (κ3) is 6.05. The largest absolute Gasteiger partial charge is 0.497 e. The van der Waals surface area contributed by atoms with Crippen molar-refractivity contribution < 1.29 is 14.3 Å². The maximum atomic E-state index is 13.1. The van der Waals surface area contributed by atoms with Gasteiger partial charge in [-0.3, -0.25) is 9.59 Å². The van der Waals surface area contributed by atoms with Crippen molar-refractivity contribution in [2.24, 2.45) is 0 Å². The van der Waals surface area contributed by atoms with Crippen LogP contribution in [0.2, 0.25) is 0 Å². The quantitative estimate of drug-likeness (QED) is 0.424. The first-order valence-corrected chi connectivity index (χ1v) is 12.0. The molecule has 0 aliphatic heterocycles. The number of carbonyl (C=O) groups excluding carboxylic acids is 2. The van der Waals surface area contributed by atoms with Gasteiger partial charge in [0, 0.05) is 22.5 Å². The Balaban J connectivity index is 1.86. The van der Waals surface area contributed by atoms with Gasteiger partial charge in [0.15, 0.2) is 0 Å². The van der Waals surface area contributed by atoms with Crippen LogP contribution in [0.15, 0.2) is 59.1 Å². The molecule has 3 aromatic rings. The van der Waals surface area contributed by atoms with E-state index < -0.39 is 0 Å². The normalized spacial score (nSPS) is 11.2. The molecule has 3 rings (SSSR count). The molecule has 7 nitrogen and oxygen atoms in total. The van der Waals surface area contributed by atoms with Crippen molar-refractivity contribution in [3.05, 3.63) is 70.3 Å². The van der Waals surface area contributed by atoms with Gasteiger partial charge in [0.25, 0.3) is 5.91 Å². The zero-order valence-corrected chi connectivity index (χ0v) is 21.8. The Morgan fingerprint density at radius 2 is 1.79 bits per heavy atom. The van der Waals surface area contributed by atoms with Crippen molar-refractivity contribution in [2.75, 3.05) is 25.5 Å². The molecule has 0 fully saturated rings. The molecule has 34 heavy (non-hydrogen) atoms. The van der Waals surface area contributed by atoms with Crippen molar-refractivity contribution in [1.29, 1.82) is 0 Å². The van der Waals surface area contributed by atoms with Crippen LogP contribution in [-0.4, -0.2) is 46.7 Å². The average Bonchev–Trinajstić information content (AvgIpc) is 3.23. The second-order valence-corrected chi connectivity index (χ2v) is 9.88. The van der Waals surface area contributed by atoms with Crippen molar-refractivity contribution in [2.45, 2.75) is 39.5 Å². The molecule has 2 aromatic carbocycles. The highest BCUT2D eigenvalue weighted by molar-refractivity contribution is 9.10. The van der Waals surface area contributed by atoms with Gasteiger partial charge in [0.1, 0.15) is 18.1 Å². The third-order valence-corrected chi connectivity index (χ3v) is 5.97. The summed E-state index contributed by atoms with van der Waals surface area (Å²) in [5, 5.41) is 7.71. The lowest BCUT2D eigenvalue weighted by Gasteiger charge is -2.22. The van der Waals surface area contributed by atoms with Crippen LogP contribution in [0.25, 0.3) is 5.69 Å². The van der Waals surface area contributed by atoms with Gasteiger partial charge in [0.05, 0.1) is 24.1 Å². The van der Waals surface area contributed by atoms with Crippen molar-refractivity contribution in [3.8, 4) is 11.4 Å². The number of aromatic nitrogens is 2. The van der Waals surface area contributed by atoms with Crippen molar-refractivity contribution in [3.63, 3.8) is 0 Å². The van der Waals surface area contributed by atoms with Crippen molar-refractivity contribution >= 4 is 33.6 Å². The minimum atomic E-state index is -0.288. The summed E-state index contributed by atoms with van der Waals surface area (Å²) < 4.78 is 7.66. The molecule has 0 aliphatic carbocycles. The molecule has 0 unspecified atom stereocenters. The topological polar surface area (TPSA) is 76.5 Å². The van der Waals surface area contributed by atoms with Crippen LogP contribution in [0.1, 0.15) is 50.2 Å². The minimum absolute atomic E-state index is 0.0628. The highest BCUT2D eigenvalue weighted by Crippen LogP contribution is 2.27. The number of nitrogens with one attached hydrogen (secondary N) is 1. The molecule has 180 valence electrons. The van der Waals surface area contributed by atoms with Gasteiger partial charge < -0.3 is 15.0 Å². The van der Waals surface area contributed by atoms with E-state index in [-0.39, 0.29) is 23.8 Å². The number of nitrogens with zero attached hydrogens (tertiary/aromatic N) is 3.